The van der Waals surface area contributed by atoms with Crippen molar-refractivity contribution in [2.75, 3.05) is 27.2 Å². The van der Waals surface area contributed by atoms with Gasteiger partial charge in [-0.2, -0.15) is 0 Å². The van der Waals surface area contributed by atoms with Gasteiger partial charge in [0.2, 0.25) is 0 Å². The summed E-state index contributed by atoms with van der Waals surface area (Å²) in [5, 5.41) is 12.1. The van der Waals surface area contributed by atoms with E-state index < -0.39 is 0 Å². The van der Waals surface area contributed by atoms with E-state index in [-0.39, 0.29) is 12.6 Å². The number of likely N-dealkylation sites (N-methyl/N-ethyl adjacent to an activating group) is 2. The Morgan fingerprint density at radius 2 is 2.25 bits per heavy atom. The third-order valence-corrected chi connectivity index (χ3v) is 2.84. The summed E-state index contributed by atoms with van der Waals surface area (Å²) in [6.45, 7) is 1.19. The zero-order valence-corrected chi connectivity index (χ0v) is 8.08. The van der Waals surface area contributed by atoms with Crippen molar-refractivity contribution in [2.24, 2.45) is 0 Å². The highest BCUT2D eigenvalue weighted by Crippen LogP contribution is 2.23. The smallest absolute Gasteiger partial charge is 0.0597 e. The van der Waals surface area contributed by atoms with Gasteiger partial charge >= 0.3 is 0 Å². The highest BCUT2D eigenvalue weighted by atomic mass is 16.3. The van der Waals surface area contributed by atoms with Crippen molar-refractivity contribution in [3.8, 4) is 0 Å². The van der Waals surface area contributed by atoms with Crippen molar-refractivity contribution in [3.05, 3.63) is 0 Å². The van der Waals surface area contributed by atoms with Crippen molar-refractivity contribution < 1.29 is 5.11 Å². The third kappa shape index (κ3) is 2.44. The largest absolute Gasteiger partial charge is 0.395 e. The van der Waals surface area contributed by atoms with Crippen LogP contribution in [-0.2, 0) is 0 Å². The summed E-state index contributed by atoms with van der Waals surface area (Å²) in [5.74, 6) is 0. The second-order valence-corrected chi connectivity index (χ2v) is 3.69. The van der Waals surface area contributed by atoms with Crippen LogP contribution in [0.15, 0.2) is 0 Å². The van der Waals surface area contributed by atoms with Crippen LogP contribution in [0, 0.1) is 0 Å². The molecular weight excluding hydrogens is 152 g/mol. The van der Waals surface area contributed by atoms with Gasteiger partial charge in [0.1, 0.15) is 0 Å². The molecule has 3 nitrogen and oxygen atoms in total. The first-order valence-electron chi connectivity index (χ1n) is 4.76. The highest BCUT2D eigenvalue weighted by Gasteiger charge is 2.23. The molecule has 1 rings (SSSR count). The van der Waals surface area contributed by atoms with Crippen LogP contribution in [0.1, 0.15) is 19.3 Å². The summed E-state index contributed by atoms with van der Waals surface area (Å²) in [4.78, 5) is 2.35. The van der Waals surface area contributed by atoms with E-state index in [9.17, 15) is 0 Å². The molecule has 1 saturated carbocycles. The molecule has 0 heterocycles. The fraction of sp³-hybridized carbons (Fsp3) is 1.00. The van der Waals surface area contributed by atoms with Gasteiger partial charge < -0.3 is 15.3 Å². The quantitative estimate of drug-likeness (QED) is 0.615. The SMILES string of the molecule is CNC(CO)CN(C)C1CCC1. The molecule has 0 saturated heterocycles. The van der Waals surface area contributed by atoms with Gasteiger partial charge in [-0.3, -0.25) is 0 Å². The molecule has 0 spiro atoms. The first kappa shape index (κ1) is 9.96. The van der Waals surface area contributed by atoms with Gasteiger partial charge in [0.05, 0.1) is 6.61 Å². The Labute approximate surface area is 74.8 Å². The molecule has 0 aromatic rings. The van der Waals surface area contributed by atoms with E-state index in [2.05, 4.69) is 17.3 Å². The van der Waals surface area contributed by atoms with Crippen molar-refractivity contribution in [3.63, 3.8) is 0 Å². The minimum Gasteiger partial charge on any atom is -0.395 e. The lowest BCUT2D eigenvalue weighted by molar-refractivity contribution is 0.127. The molecule has 0 aromatic heterocycles. The summed E-state index contributed by atoms with van der Waals surface area (Å²) in [6.07, 6.45) is 4.04. The molecule has 1 unspecified atom stereocenters. The summed E-state index contributed by atoms with van der Waals surface area (Å²) < 4.78 is 0. The standard InChI is InChI=1S/C9H20N2O/c1-10-8(7-12)6-11(2)9-4-3-5-9/h8-10,12H,3-7H2,1-2H3. The van der Waals surface area contributed by atoms with E-state index in [0.29, 0.717) is 0 Å². The molecule has 0 aliphatic heterocycles. The second-order valence-electron chi connectivity index (χ2n) is 3.69. The molecule has 1 atom stereocenters. The topological polar surface area (TPSA) is 35.5 Å². The monoisotopic (exact) mass is 172 g/mol. The van der Waals surface area contributed by atoms with Crippen LogP contribution in [0.3, 0.4) is 0 Å². The molecule has 0 aromatic carbocycles. The first-order chi connectivity index (χ1) is 5.77. The number of aliphatic hydroxyl groups is 1. The predicted molar refractivity (Wildman–Crippen MR) is 50.2 cm³/mol. The number of aliphatic hydroxyl groups excluding tert-OH is 1. The minimum absolute atomic E-state index is 0.230. The van der Waals surface area contributed by atoms with Gasteiger partial charge in [-0.15, -0.1) is 0 Å². The van der Waals surface area contributed by atoms with Gasteiger partial charge in [0.15, 0.2) is 0 Å². The van der Waals surface area contributed by atoms with Crippen LogP contribution in [0.25, 0.3) is 0 Å². The van der Waals surface area contributed by atoms with E-state index in [1.54, 1.807) is 0 Å². The summed E-state index contributed by atoms with van der Waals surface area (Å²) in [6, 6.07) is 1.00. The molecule has 72 valence electrons. The number of hydrogen-bond acceptors (Lipinski definition) is 3. The lowest BCUT2D eigenvalue weighted by atomic mass is 9.91. The van der Waals surface area contributed by atoms with Crippen molar-refractivity contribution in [1.82, 2.24) is 10.2 Å². The van der Waals surface area contributed by atoms with Crippen LogP contribution in [0.5, 0.6) is 0 Å². The minimum atomic E-state index is 0.230. The molecule has 0 radical (unpaired) electrons. The van der Waals surface area contributed by atoms with Crippen LogP contribution in [0.4, 0.5) is 0 Å². The normalized spacial score (nSPS) is 21.0. The summed E-state index contributed by atoms with van der Waals surface area (Å²) >= 11 is 0. The number of hydrogen-bond donors (Lipinski definition) is 2. The average Bonchev–Trinajstić information content (AvgIpc) is 1.96. The van der Waals surface area contributed by atoms with Crippen LogP contribution in [0.2, 0.25) is 0 Å². The Morgan fingerprint density at radius 3 is 2.58 bits per heavy atom. The Morgan fingerprint density at radius 1 is 1.58 bits per heavy atom. The zero-order valence-electron chi connectivity index (χ0n) is 8.08. The molecule has 12 heavy (non-hydrogen) atoms. The molecule has 1 aliphatic rings. The maximum Gasteiger partial charge on any atom is 0.0597 e. The molecule has 3 heteroatoms. The molecule has 1 aliphatic carbocycles. The van der Waals surface area contributed by atoms with Crippen LogP contribution >= 0.6 is 0 Å². The average molecular weight is 172 g/mol. The van der Waals surface area contributed by atoms with E-state index in [4.69, 9.17) is 5.11 Å². The van der Waals surface area contributed by atoms with Crippen LogP contribution < -0.4 is 5.32 Å². The van der Waals surface area contributed by atoms with Crippen molar-refractivity contribution in [1.29, 1.82) is 0 Å². The van der Waals surface area contributed by atoms with Gasteiger partial charge in [0.25, 0.3) is 0 Å². The first-order valence-corrected chi connectivity index (χ1v) is 4.76. The zero-order chi connectivity index (χ0) is 8.97. The Balaban J connectivity index is 2.18. The Bertz CT molecular complexity index is 122. The fourth-order valence-electron chi connectivity index (χ4n) is 1.56. The molecule has 2 N–H and O–H groups in total. The number of nitrogens with one attached hydrogen (secondary N) is 1. The maximum absolute atomic E-state index is 8.96. The lowest BCUT2D eigenvalue weighted by Crippen LogP contribution is -2.46. The van der Waals surface area contributed by atoms with E-state index in [1.165, 1.54) is 19.3 Å². The van der Waals surface area contributed by atoms with Crippen LogP contribution in [-0.4, -0.2) is 49.3 Å². The third-order valence-electron chi connectivity index (χ3n) is 2.84. The fourth-order valence-corrected chi connectivity index (χ4v) is 1.56. The molecule has 0 bridgehead atoms. The van der Waals surface area contributed by atoms with Gasteiger partial charge in [-0.05, 0) is 26.9 Å². The van der Waals surface area contributed by atoms with Gasteiger partial charge in [-0.1, -0.05) is 6.42 Å². The summed E-state index contributed by atoms with van der Waals surface area (Å²) in [5.41, 5.74) is 0. The predicted octanol–water partition coefficient (Wildman–Crippen LogP) is 0.0510. The maximum atomic E-state index is 8.96. The number of nitrogens with zero attached hydrogens (tertiary/aromatic N) is 1. The van der Waals surface area contributed by atoms with Gasteiger partial charge in [-0.25, -0.2) is 0 Å². The van der Waals surface area contributed by atoms with Crippen molar-refractivity contribution in [2.45, 2.75) is 31.3 Å². The highest BCUT2D eigenvalue weighted by molar-refractivity contribution is 4.80. The molecular formula is C9H20N2O. The van der Waals surface area contributed by atoms with E-state index >= 15 is 0 Å². The molecule has 0 amide bonds. The van der Waals surface area contributed by atoms with E-state index in [0.717, 1.165) is 12.6 Å². The Kier molecular flexibility index (Phi) is 3.98. The van der Waals surface area contributed by atoms with Gasteiger partial charge in [0, 0.05) is 18.6 Å². The number of rotatable bonds is 5. The second kappa shape index (κ2) is 4.80. The molecule has 1 fully saturated rings. The Hall–Kier alpha value is -0.120. The van der Waals surface area contributed by atoms with E-state index in [1.807, 2.05) is 7.05 Å². The lowest BCUT2D eigenvalue weighted by Gasteiger charge is -2.36. The van der Waals surface area contributed by atoms with Crippen molar-refractivity contribution >= 4 is 0 Å². The summed E-state index contributed by atoms with van der Waals surface area (Å²) in [7, 11) is 4.04.